The minimum Gasteiger partial charge on any atom is -0.350 e. The molecule has 0 spiro atoms. The molecule has 1 amide bonds. The van der Waals surface area contributed by atoms with Crippen LogP contribution in [0.1, 0.15) is 61.0 Å². The second-order valence-corrected chi connectivity index (χ2v) is 13.0. The Morgan fingerprint density at radius 1 is 1.00 bits per heavy atom. The van der Waals surface area contributed by atoms with Crippen molar-refractivity contribution in [3.63, 3.8) is 0 Å². The molecule has 43 heavy (non-hydrogen) atoms. The van der Waals surface area contributed by atoms with Gasteiger partial charge in [0.05, 0.1) is 22.9 Å². The van der Waals surface area contributed by atoms with E-state index in [4.69, 9.17) is 0 Å². The van der Waals surface area contributed by atoms with Gasteiger partial charge in [0.1, 0.15) is 0 Å². The van der Waals surface area contributed by atoms with Gasteiger partial charge in [-0.05, 0) is 44.9 Å². The predicted octanol–water partition coefficient (Wildman–Crippen LogP) is 4.31. The lowest BCUT2D eigenvalue weighted by Gasteiger charge is -2.55. The molecule has 2 aromatic rings. The molecular weight excluding hydrogens is 616 g/mol. The van der Waals surface area contributed by atoms with Crippen LogP contribution in [-0.2, 0) is 29.4 Å². The van der Waals surface area contributed by atoms with E-state index in [2.05, 4.69) is 15.6 Å². The van der Waals surface area contributed by atoms with Gasteiger partial charge in [-0.2, -0.15) is 30.6 Å². The Morgan fingerprint density at radius 2 is 1.63 bits per heavy atom. The quantitative estimate of drug-likeness (QED) is 0.470. The van der Waals surface area contributed by atoms with E-state index in [1.807, 2.05) is 0 Å². The van der Waals surface area contributed by atoms with E-state index in [1.165, 1.54) is 22.2 Å². The van der Waals surface area contributed by atoms with Crippen LogP contribution in [0.3, 0.4) is 0 Å². The Hall–Kier alpha value is -2.86. The molecule has 4 rings (SSSR count). The van der Waals surface area contributed by atoms with Crippen LogP contribution in [0.25, 0.3) is 0 Å². The molecule has 240 valence electrons. The van der Waals surface area contributed by atoms with Crippen LogP contribution in [-0.4, -0.2) is 81.7 Å². The average molecular weight is 647 g/mol. The number of aryl methyl sites for hydroxylation is 1. The molecular formula is C25H30F8N6O3S. The maximum atomic E-state index is 14.3. The number of hydrogen-bond donors (Lipinski definition) is 1. The summed E-state index contributed by atoms with van der Waals surface area (Å²) in [5.41, 5.74) is -5.61. The molecule has 2 fully saturated rings. The lowest BCUT2D eigenvalue weighted by molar-refractivity contribution is -0.143. The molecule has 2 heterocycles. The number of nitrogens with one attached hydrogen (secondary N) is 1. The molecule has 0 bridgehead atoms. The number of amides is 1. The van der Waals surface area contributed by atoms with Gasteiger partial charge in [0, 0.05) is 57.1 Å². The number of carbonyl (C=O) groups excluding carboxylic acids is 1. The van der Waals surface area contributed by atoms with Crippen LogP contribution in [0, 0.1) is 0 Å². The summed E-state index contributed by atoms with van der Waals surface area (Å²) in [5, 5.41) is 9.40. The maximum absolute atomic E-state index is 14.3. The molecule has 1 aromatic heterocycles. The number of carbonyl (C=O) groups is 1. The first kappa shape index (κ1) is 33.0. The summed E-state index contributed by atoms with van der Waals surface area (Å²) in [5.74, 6) is -4.33. The highest BCUT2D eigenvalue weighted by Crippen LogP contribution is 2.44. The normalized spacial score (nSPS) is 23.7. The highest BCUT2D eigenvalue weighted by atomic mass is 32.2. The van der Waals surface area contributed by atoms with Crippen LogP contribution in [0.5, 0.6) is 0 Å². The van der Waals surface area contributed by atoms with E-state index in [1.54, 1.807) is 18.7 Å². The third-order valence-electron chi connectivity index (χ3n) is 8.08. The van der Waals surface area contributed by atoms with Gasteiger partial charge in [-0.25, -0.2) is 17.2 Å². The molecule has 1 saturated carbocycles. The fourth-order valence-electron chi connectivity index (χ4n) is 5.79. The summed E-state index contributed by atoms with van der Waals surface area (Å²) in [7, 11) is -2.58. The van der Waals surface area contributed by atoms with Crippen molar-refractivity contribution >= 4 is 15.9 Å². The number of rotatable bonds is 6. The van der Waals surface area contributed by atoms with E-state index in [-0.39, 0.29) is 37.0 Å². The van der Waals surface area contributed by atoms with E-state index in [0.717, 1.165) is 0 Å². The minimum atomic E-state index is -5.28. The number of sulfonamides is 1. The molecule has 1 aliphatic carbocycles. The number of aromatic nitrogens is 3. The Labute approximate surface area is 242 Å². The van der Waals surface area contributed by atoms with E-state index in [0.29, 0.717) is 12.1 Å². The first-order valence-corrected chi connectivity index (χ1v) is 14.7. The standard InChI is InChI=1S/C25H30F8N6O3S/c1-15-12-39(43(41,42)20-13-37(3)36-35-20)16(2)11-38(15)22(6-8-23(26,27)9-7-22)14-34-21(40)18-5-4-17(24(28,29)30)10-19(18)25(31,32)33/h4-5,10,13,15-16H,6-9,11-12,14H2,1-3H3,(H,34,40). The zero-order valence-electron chi connectivity index (χ0n) is 23.3. The maximum Gasteiger partial charge on any atom is 0.417 e. The predicted molar refractivity (Wildman–Crippen MR) is 135 cm³/mol. The fraction of sp³-hybridized carbons (Fsp3) is 0.640. The van der Waals surface area contributed by atoms with Crippen molar-refractivity contribution in [2.75, 3.05) is 19.6 Å². The van der Waals surface area contributed by atoms with Crippen molar-refractivity contribution in [3.05, 3.63) is 41.1 Å². The number of halogens is 8. The summed E-state index contributed by atoms with van der Waals surface area (Å²) in [6.07, 6.45) is -10.7. The van der Waals surface area contributed by atoms with Gasteiger partial charge < -0.3 is 5.32 Å². The molecule has 2 aliphatic rings. The van der Waals surface area contributed by atoms with Crippen LogP contribution in [0.2, 0.25) is 0 Å². The summed E-state index contributed by atoms with van der Waals surface area (Å²) in [6.45, 7) is 2.83. The lowest BCUT2D eigenvalue weighted by Crippen LogP contribution is -2.68. The van der Waals surface area contributed by atoms with Gasteiger partial charge in [-0.3, -0.25) is 14.4 Å². The Morgan fingerprint density at radius 3 is 2.16 bits per heavy atom. The average Bonchev–Trinajstić information content (AvgIpc) is 3.35. The van der Waals surface area contributed by atoms with Crippen LogP contribution >= 0.6 is 0 Å². The van der Waals surface area contributed by atoms with Crippen molar-refractivity contribution in [1.29, 1.82) is 0 Å². The SMILES string of the molecule is CC1CN(S(=O)(=O)c2cn(C)nn2)C(C)CN1C1(CNC(=O)c2ccc(C(F)(F)F)cc2C(F)(F)F)CCC(F)(F)CC1. The van der Waals surface area contributed by atoms with E-state index >= 15 is 0 Å². The van der Waals surface area contributed by atoms with Crippen molar-refractivity contribution in [1.82, 2.24) is 29.5 Å². The summed E-state index contributed by atoms with van der Waals surface area (Å²) < 4.78 is 138. The van der Waals surface area contributed by atoms with E-state index in [9.17, 15) is 48.3 Å². The molecule has 0 radical (unpaired) electrons. The first-order chi connectivity index (χ1) is 19.7. The number of benzene rings is 1. The van der Waals surface area contributed by atoms with Crippen LogP contribution in [0.4, 0.5) is 35.1 Å². The molecule has 18 heteroatoms. The molecule has 2 unspecified atom stereocenters. The third kappa shape index (κ3) is 6.79. The zero-order valence-corrected chi connectivity index (χ0v) is 24.1. The summed E-state index contributed by atoms with van der Waals surface area (Å²) in [6, 6.07) is -0.620. The van der Waals surface area contributed by atoms with Crippen molar-refractivity contribution in [2.45, 2.75) is 80.5 Å². The van der Waals surface area contributed by atoms with Gasteiger partial charge in [0.15, 0.2) is 0 Å². The second kappa shape index (κ2) is 11.3. The van der Waals surface area contributed by atoms with Gasteiger partial charge in [0.25, 0.3) is 15.9 Å². The Kier molecular flexibility index (Phi) is 8.64. The smallest absolute Gasteiger partial charge is 0.350 e. The second-order valence-electron chi connectivity index (χ2n) is 11.2. The van der Waals surface area contributed by atoms with Gasteiger partial charge >= 0.3 is 12.4 Å². The molecule has 1 saturated heterocycles. The van der Waals surface area contributed by atoms with Gasteiger partial charge in [-0.1, -0.05) is 5.21 Å². The molecule has 2 atom stereocenters. The molecule has 1 aliphatic heterocycles. The van der Waals surface area contributed by atoms with Crippen LogP contribution < -0.4 is 5.32 Å². The van der Waals surface area contributed by atoms with E-state index < -0.39 is 87.9 Å². The number of nitrogens with zero attached hydrogens (tertiary/aromatic N) is 5. The monoisotopic (exact) mass is 646 g/mol. The number of piperazine rings is 1. The molecule has 1 aromatic carbocycles. The minimum absolute atomic E-state index is 0.0379. The summed E-state index contributed by atoms with van der Waals surface area (Å²) >= 11 is 0. The zero-order chi connectivity index (χ0) is 32.2. The Balaban J connectivity index is 1.61. The first-order valence-electron chi connectivity index (χ1n) is 13.3. The fourth-order valence-corrected chi connectivity index (χ4v) is 7.41. The highest BCUT2D eigenvalue weighted by Gasteiger charge is 2.51. The van der Waals surface area contributed by atoms with Gasteiger partial charge in [-0.15, -0.1) is 5.10 Å². The Bertz CT molecular complexity index is 1450. The highest BCUT2D eigenvalue weighted by molar-refractivity contribution is 7.89. The van der Waals surface area contributed by atoms with Crippen LogP contribution in [0.15, 0.2) is 29.4 Å². The number of alkyl halides is 8. The lowest BCUT2D eigenvalue weighted by atomic mass is 9.77. The van der Waals surface area contributed by atoms with Gasteiger partial charge in [0.2, 0.25) is 10.9 Å². The largest absolute Gasteiger partial charge is 0.417 e. The van der Waals surface area contributed by atoms with Crippen molar-refractivity contribution in [3.8, 4) is 0 Å². The third-order valence-corrected chi connectivity index (χ3v) is 9.92. The summed E-state index contributed by atoms with van der Waals surface area (Å²) in [4.78, 5) is 14.8. The number of hydrogen-bond acceptors (Lipinski definition) is 6. The molecule has 9 nitrogen and oxygen atoms in total. The molecule has 1 N–H and O–H groups in total. The van der Waals surface area contributed by atoms with Crippen molar-refractivity contribution < 1.29 is 48.3 Å². The topological polar surface area (TPSA) is 100 Å². The van der Waals surface area contributed by atoms with Crippen molar-refractivity contribution in [2.24, 2.45) is 7.05 Å².